The lowest BCUT2D eigenvalue weighted by Gasteiger charge is -2.33. The molecule has 1 spiro atoms. The highest BCUT2D eigenvalue weighted by molar-refractivity contribution is 6.33. The third-order valence-corrected chi connectivity index (χ3v) is 7.63. The molecule has 0 radical (unpaired) electrons. The molecule has 1 fully saturated rings. The third kappa shape index (κ3) is 4.52. The van der Waals surface area contributed by atoms with Gasteiger partial charge in [-0.15, -0.1) is 0 Å². The highest BCUT2D eigenvalue weighted by atomic mass is 14.4. The molecule has 0 heterocycles. The molecule has 152 valence electrons. The number of rotatable bonds is 0. The summed E-state index contributed by atoms with van der Waals surface area (Å²) in [6, 6.07) is 14.5. The zero-order chi connectivity index (χ0) is 20.1. The topological polar surface area (TPSA) is 0 Å². The van der Waals surface area contributed by atoms with Gasteiger partial charge in [0, 0.05) is 5.41 Å². The molecule has 0 atom stereocenters. The maximum Gasteiger partial charge on any atom is 0.139 e. The summed E-state index contributed by atoms with van der Waals surface area (Å²) in [4.78, 5) is 0. The Morgan fingerprint density at radius 1 is 0.483 bits per heavy atom. The summed E-state index contributed by atoms with van der Waals surface area (Å²) in [5.74, 6) is 0. The van der Waals surface area contributed by atoms with Crippen LogP contribution >= 0.6 is 0 Å². The standard InChI is InChI=1S/C27H38B2/c28-21-13-15-23-24-16-14-22(29)20-26(24)27(25(23)19-21)17-11-9-7-5-3-1-2-4-6-8-10-12-18-27/h13-16,19-20H,1-12,17-18,28-29H2. The molecule has 0 aliphatic heterocycles. The van der Waals surface area contributed by atoms with Crippen LogP contribution in [0, 0.1) is 0 Å². The fourth-order valence-electron chi connectivity index (χ4n) is 6.01. The first-order chi connectivity index (χ1) is 14.2. The molecule has 0 aromatic heterocycles. The van der Waals surface area contributed by atoms with Gasteiger partial charge in [0.05, 0.1) is 0 Å². The second kappa shape index (κ2) is 9.59. The molecule has 0 nitrogen and oxygen atoms in total. The highest BCUT2D eigenvalue weighted by Gasteiger charge is 2.42. The molecular formula is C27H38B2. The maximum absolute atomic E-state index is 2.53. The van der Waals surface area contributed by atoms with Gasteiger partial charge in [-0.25, -0.2) is 0 Å². The van der Waals surface area contributed by atoms with Crippen LogP contribution in [0.25, 0.3) is 11.1 Å². The van der Waals surface area contributed by atoms with Crippen molar-refractivity contribution >= 4 is 26.6 Å². The van der Waals surface area contributed by atoms with Gasteiger partial charge in [-0.3, -0.25) is 0 Å². The Hall–Kier alpha value is -1.43. The second-order valence-electron chi connectivity index (χ2n) is 9.92. The highest BCUT2D eigenvalue weighted by Crippen LogP contribution is 2.53. The molecule has 2 heteroatoms. The average Bonchev–Trinajstić information content (AvgIpc) is 2.96. The van der Waals surface area contributed by atoms with E-state index in [1.807, 2.05) is 0 Å². The van der Waals surface area contributed by atoms with Crippen LogP contribution in [0.1, 0.15) is 101 Å². The summed E-state index contributed by atoms with van der Waals surface area (Å²) >= 11 is 0. The SMILES string of the molecule is Bc1ccc2c(c1)C1(CCCCCCCCCCCCCC1)c1cc(B)ccc1-2. The van der Waals surface area contributed by atoms with Crippen molar-refractivity contribution in [1.29, 1.82) is 0 Å². The number of hydrogen-bond donors (Lipinski definition) is 0. The minimum absolute atomic E-state index is 0.253. The van der Waals surface area contributed by atoms with Crippen molar-refractivity contribution < 1.29 is 0 Å². The molecule has 0 bridgehead atoms. The molecule has 2 aromatic rings. The van der Waals surface area contributed by atoms with Crippen LogP contribution in [0.3, 0.4) is 0 Å². The molecule has 29 heavy (non-hydrogen) atoms. The van der Waals surface area contributed by atoms with E-state index in [0.717, 1.165) is 0 Å². The molecule has 2 aliphatic carbocycles. The Bertz CT molecular complexity index is 754. The zero-order valence-electron chi connectivity index (χ0n) is 18.9. The molecule has 2 aliphatic rings. The van der Waals surface area contributed by atoms with Crippen LogP contribution in [0.15, 0.2) is 36.4 Å². The predicted octanol–water partition coefficient (Wildman–Crippen LogP) is 4.94. The largest absolute Gasteiger partial charge is 0.139 e. The van der Waals surface area contributed by atoms with E-state index in [1.54, 1.807) is 11.1 Å². The van der Waals surface area contributed by atoms with Crippen molar-refractivity contribution in [2.45, 2.75) is 95.3 Å². The summed E-state index contributed by atoms with van der Waals surface area (Å²) in [5, 5.41) is 0. The summed E-state index contributed by atoms with van der Waals surface area (Å²) < 4.78 is 0. The van der Waals surface area contributed by atoms with Crippen LogP contribution in [0.2, 0.25) is 0 Å². The lowest BCUT2D eigenvalue weighted by atomic mass is 9.69. The molecule has 4 rings (SSSR count). The normalized spacial score (nSPS) is 20.4. The van der Waals surface area contributed by atoms with E-state index in [9.17, 15) is 0 Å². The average molecular weight is 384 g/mol. The van der Waals surface area contributed by atoms with Crippen molar-refractivity contribution in [3.05, 3.63) is 47.5 Å². The van der Waals surface area contributed by atoms with Crippen molar-refractivity contribution in [3.63, 3.8) is 0 Å². The molecule has 0 N–H and O–H groups in total. The molecule has 0 unspecified atom stereocenters. The van der Waals surface area contributed by atoms with E-state index in [4.69, 9.17) is 0 Å². The minimum Gasteiger partial charge on any atom is -0.0886 e. The van der Waals surface area contributed by atoms with Crippen molar-refractivity contribution in [3.8, 4) is 11.1 Å². The zero-order valence-corrected chi connectivity index (χ0v) is 18.9. The van der Waals surface area contributed by atoms with E-state index in [-0.39, 0.29) is 5.41 Å². The van der Waals surface area contributed by atoms with E-state index in [1.165, 1.54) is 112 Å². The summed E-state index contributed by atoms with van der Waals surface area (Å²) in [6.07, 6.45) is 19.8. The monoisotopic (exact) mass is 384 g/mol. The first kappa shape index (κ1) is 20.8. The fraction of sp³-hybridized carbons (Fsp3) is 0.556. The van der Waals surface area contributed by atoms with Gasteiger partial charge in [-0.2, -0.15) is 0 Å². The van der Waals surface area contributed by atoms with Crippen LogP contribution < -0.4 is 10.9 Å². The predicted molar refractivity (Wildman–Crippen MR) is 134 cm³/mol. The number of fused-ring (bicyclic) bond motifs is 5. The van der Waals surface area contributed by atoms with E-state index in [2.05, 4.69) is 52.1 Å². The second-order valence-corrected chi connectivity index (χ2v) is 9.92. The molecule has 1 saturated carbocycles. The van der Waals surface area contributed by atoms with Gasteiger partial charge in [-0.05, 0) is 35.1 Å². The maximum atomic E-state index is 2.53. The molecule has 0 amide bonds. The third-order valence-electron chi connectivity index (χ3n) is 7.63. The van der Waals surface area contributed by atoms with Crippen LogP contribution in [0.5, 0.6) is 0 Å². The van der Waals surface area contributed by atoms with Crippen LogP contribution in [0.4, 0.5) is 0 Å². The van der Waals surface area contributed by atoms with Gasteiger partial charge in [0.2, 0.25) is 0 Å². The first-order valence-corrected chi connectivity index (χ1v) is 12.4. The molecule has 0 saturated heterocycles. The fourth-order valence-corrected chi connectivity index (χ4v) is 6.01. The van der Waals surface area contributed by atoms with Crippen LogP contribution in [-0.2, 0) is 5.41 Å². The Kier molecular flexibility index (Phi) is 6.88. The summed E-state index contributed by atoms with van der Waals surface area (Å²) in [5.41, 5.74) is 9.41. The van der Waals surface area contributed by atoms with Gasteiger partial charge in [0.25, 0.3) is 0 Å². The number of hydrogen-bond acceptors (Lipinski definition) is 0. The van der Waals surface area contributed by atoms with Gasteiger partial charge in [-0.1, -0.05) is 124 Å². The minimum atomic E-state index is 0.253. The molecule has 2 aromatic carbocycles. The van der Waals surface area contributed by atoms with E-state index in [0.29, 0.717) is 0 Å². The quantitative estimate of drug-likeness (QED) is 0.565. The Morgan fingerprint density at radius 2 is 0.828 bits per heavy atom. The van der Waals surface area contributed by atoms with Gasteiger partial charge in [0.1, 0.15) is 15.7 Å². The Morgan fingerprint density at radius 3 is 1.21 bits per heavy atom. The summed E-state index contributed by atoms with van der Waals surface area (Å²) in [6.45, 7) is 0. The van der Waals surface area contributed by atoms with Gasteiger partial charge < -0.3 is 0 Å². The Labute approximate surface area is 180 Å². The lowest BCUT2D eigenvalue weighted by molar-refractivity contribution is 0.400. The van der Waals surface area contributed by atoms with Crippen molar-refractivity contribution in [1.82, 2.24) is 0 Å². The molecular weight excluding hydrogens is 346 g/mol. The Balaban J connectivity index is 1.68. The number of benzene rings is 2. The van der Waals surface area contributed by atoms with Crippen molar-refractivity contribution in [2.24, 2.45) is 0 Å². The van der Waals surface area contributed by atoms with E-state index < -0.39 is 0 Å². The van der Waals surface area contributed by atoms with Gasteiger partial charge in [0.15, 0.2) is 0 Å². The first-order valence-electron chi connectivity index (χ1n) is 12.4. The lowest BCUT2D eigenvalue weighted by Crippen LogP contribution is -2.27. The smallest absolute Gasteiger partial charge is 0.0886 e. The van der Waals surface area contributed by atoms with Crippen LogP contribution in [-0.4, -0.2) is 15.7 Å². The summed E-state index contributed by atoms with van der Waals surface area (Å²) in [7, 11) is 4.55. The van der Waals surface area contributed by atoms with E-state index >= 15 is 0 Å². The van der Waals surface area contributed by atoms with Crippen molar-refractivity contribution in [2.75, 3.05) is 0 Å². The van der Waals surface area contributed by atoms with Gasteiger partial charge >= 0.3 is 0 Å².